The number of hydrogen-bond donors (Lipinski definition) is 1. The molecule has 1 heterocycles. The Balaban J connectivity index is 2.63. The minimum absolute atomic E-state index is 0.236. The van der Waals surface area contributed by atoms with Crippen LogP contribution in [0.3, 0.4) is 0 Å². The maximum absolute atomic E-state index is 11.0. The SMILES string of the molecule is Cc1nncn1-c1ccccc1C(=O)O. The molecule has 0 amide bonds. The summed E-state index contributed by atoms with van der Waals surface area (Å²) in [6.07, 6.45) is 1.50. The van der Waals surface area contributed by atoms with Gasteiger partial charge in [0.25, 0.3) is 0 Å². The Labute approximate surface area is 86.0 Å². The summed E-state index contributed by atoms with van der Waals surface area (Å²) >= 11 is 0. The number of aryl methyl sites for hydroxylation is 1. The van der Waals surface area contributed by atoms with Gasteiger partial charge in [-0.15, -0.1) is 10.2 Å². The van der Waals surface area contributed by atoms with Crippen LogP contribution in [-0.4, -0.2) is 25.8 Å². The number of carboxylic acids is 1. The highest BCUT2D eigenvalue weighted by molar-refractivity contribution is 5.91. The van der Waals surface area contributed by atoms with Crippen LogP contribution < -0.4 is 0 Å². The number of benzene rings is 1. The van der Waals surface area contributed by atoms with Gasteiger partial charge in [0.2, 0.25) is 0 Å². The number of carbonyl (C=O) groups is 1. The van der Waals surface area contributed by atoms with E-state index in [2.05, 4.69) is 10.2 Å². The van der Waals surface area contributed by atoms with Crippen molar-refractivity contribution in [3.63, 3.8) is 0 Å². The van der Waals surface area contributed by atoms with Crippen LogP contribution in [0.4, 0.5) is 0 Å². The number of nitrogens with zero attached hydrogens (tertiary/aromatic N) is 3. The fraction of sp³-hybridized carbons (Fsp3) is 0.100. The molecule has 2 aromatic rings. The van der Waals surface area contributed by atoms with E-state index in [4.69, 9.17) is 5.11 Å². The predicted molar refractivity (Wildman–Crippen MR) is 53.1 cm³/mol. The average molecular weight is 203 g/mol. The molecule has 0 aliphatic carbocycles. The van der Waals surface area contributed by atoms with Crippen molar-refractivity contribution in [1.82, 2.24) is 14.8 Å². The molecule has 0 aliphatic rings. The molecule has 0 saturated heterocycles. The Morgan fingerprint density at radius 1 is 1.40 bits per heavy atom. The summed E-state index contributed by atoms with van der Waals surface area (Å²) in [4.78, 5) is 11.0. The minimum Gasteiger partial charge on any atom is -0.478 e. The lowest BCUT2D eigenvalue weighted by atomic mass is 10.2. The van der Waals surface area contributed by atoms with E-state index in [1.54, 1.807) is 35.8 Å². The van der Waals surface area contributed by atoms with Crippen LogP contribution in [0, 0.1) is 6.92 Å². The quantitative estimate of drug-likeness (QED) is 0.798. The number of hydrogen-bond acceptors (Lipinski definition) is 3. The Kier molecular flexibility index (Phi) is 2.21. The third-order valence-electron chi connectivity index (χ3n) is 2.11. The molecule has 1 N–H and O–H groups in total. The molecule has 5 nitrogen and oxygen atoms in total. The van der Waals surface area contributed by atoms with Crippen molar-refractivity contribution >= 4 is 5.97 Å². The van der Waals surface area contributed by atoms with Crippen LogP contribution in [0.1, 0.15) is 16.2 Å². The van der Waals surface area contributed by atoms with E-state index >= 15 is 0 Å². The summed E-state index contributed by atoms with van der Waals surface area (Å²) in [5.41, 5.74) is 0.813. The molecule has 1 aromatic carbocycles. The topological polar surface area (TPSA) is 68.0 Å². The molecule has 0 unspecified atom stereocenters. The first-order valence-electron chi connectivity index (χ1n) is 4.39. The summed E-state index contributed by atoms with van der Waals surface area (Å²) in [5.74, 6) is -0.303. The summed E-state index contributed by atoms with van der Waals surface area (Å²) in [7, 11) is 0. The van der Waals surface area contributed by atoms with E-state index in [1.165, 1.54) is 6.33 Å². The van der Waals surface area contributed by atoms with Gasteiger partial charge in [-0.05, 0) is 19.1 Å². The Hall–Kier alpha value is -2.17. The van der Waals surface area contributed by atoms with Gasteiger partial charge >= 0.3 is 5.97 Å². The zero-order valence-corrected chi connectivity index (χ0v) is 8.08. The zero-order valence-electron chi connectivity index (χ0n) is 8.08. The first kappa shape index (κ1) is 9.39. The number of rotatable bonds is 2. The maximum Gasteiger partial charge on any atom is 0.337 e. The summed E-state index contributed by atoms with van der Waals surface area (Å²) in [6.45, 7) is 1.77. The molecule has 0 fully saturated rings. The number of para-hydroxylation sites is 1. The van der Waals surface area contributed by atoms with Crippen molar-refractivity contribution in [2.24, 2.45) is 0 Å². The third kappa shape index (κ3) is 1.59. The highest BCUT2D eigenvalue weighted by Crippen LogP contribution is 2.15. The summed E-state index contributed by atoms with van der Waals surface area (Å²) in [6, 6.07) is 6.74. The highest BCUT2D eigenvalue weighted by atomic mass is 16.4. The van der Waals surface area contributed by atoms with Gasteiger partial charge in [-0.1, -0.05) is 12.1 Å². The lowest BCUT2D eigenvalue weighted by Crippen LogP contribution is -2.05. The van der Waals surface area contributed by atoms with Crippen molar-refractivity contribution in [1.29, 1.82) is 0 Å². The molecule has 0 saturated carbocycles. The molecule has 76 valence electrons. The second kappa shape index (κ2) is 3.53. The van der Waals surface area contributed by atoms with E-state index in [0.717, 1.165) is 0 Å². The number of aromatic carboxylic acids is 1. The molecule has 0 bridgehead atoms. The van der Waals surface area contributed by atoms with Crippen molar-refractivity contribution in [3.8, 4) is 5.69 Å². The van der Waals surface area contributed by atoms with Crippen LogP contribution in [0.25, 0.3) is 5.69 Å². The van der Waals surface area contributed by atoms with Gasteiger partial charge in [0.15, 0.2) is 0 Å². The standard InChI is InChI=1S/C10H9N3O2/c1-7-12-11-6-13(7)9-5-3-2-4-8(9)10(14)15/h2-6H,1H3,(H,14,15). The predicted octanol–water partition coefficient (Wildman–Crippen LogP) is 1.27. The van der Waals surface area contributed by atoms with E-state index in [9.17, 15) is 4.79 Å². The largest absolute Gasteiger partial charge is 0.478 e. The molecule has 0 spiro atoms. The smallest absolute Gasteiger partial charge is 0.337 e. The van der Waals surface area contributed by atoms with E-state index in [-0.39, 0.29) is 5.56 Å². The van der Waals surface area contributed by atoms with Crippen LogP contribution in [-0.2, 0) is 0 Å². The molecule has 0 atom stereocenters. The first-order valence-corrected chi connectivity index (χ1v) is 4.39. The Bertz CT molecular complexity index is 505. The van der Waals surface area contributed by atoms with Crippen molar-refractivity contribution < 1.29 is 9.90 Å². The maximum atomic E-state index is 11.0. The lowest BCUT2D eigenvalue weighted by molar-refractivity contribution is 0.0697. The third-order valence-corrected chi connectivity index (χ3v) is 2.11. The van der Waals surface area contributed by atoms with Crippen LogP contribution in [0.15, 0.2) is 30.6 Å². The van der Waals surface area contributed by atoms with Crippen molar-refractivity contribution in [2.75, 3.05) is 0 Å². The summed E-state index contributed by atoms with van der Waals surface area (Å²) < 4.78 is 1.64. The van der Waals surface area contributed by atoms with Gasteiger partial charge in [-0.3, -0.25) is 4.57 Å². The van der Waals surface area contributed by atoms with Gasteiger partial charge in [0.05, 0.1) is 11.3 Å². The van der Waals surface area contributed by atoms with Crippen LogP contribution in [0.2, 0.25) is 0 Å². The van der Waals surface area contributed by atoms with E-state index in [0.29, 0.717) is 11.5 Å². The molecule has 2 rings (SSSR count). The summed E-state index contributed by atoms with van der Waals surface area (Å²) in [5, 5.41) is 16.5. The molecular formula is C10H9N3O2. The molecule has 15 heavy (non-hydrogen) atoms. The van der Waals surface area contributed by atoms with Crippen molar-refractivity contribution in [2.45, 2.75) is 6.92 Å². The lowest BCUT2D eigenvalue weighted by Gasteiger charge is -2.06. The van der Waals surface area contributed by atoms with Gasteiger partial charge in [0, 0.05) is 0 Å². The van der Waals surface area contributed by atoms with Crippen molar-refractivity contribution in [3.05, 3.63) is 42.0 Å². The highest BCUT2D eigenvalue weighted by Gasteiger charge is 2.11. The minimum atomic E-state index is -0.960. The van der Waals surface area contributed by atoms with Gasteiger partial charge < -0.3 is 5.11 Å². The second-order valence-corrected chi connectivity index (χ2v) is 3.07. The van der Waals surface area contributed by atoms with Gasteiger partial charge in [-0.2, -0.15) is 0 Å². The Morgan fingerprint density at radius 2 is 2.13 bits per heavy atom. The molecule has 5 heteroatoms. The van der Waals surface area contributed by atoms with Crippen LogP contribution in [0.5, 0.6) is 0 Å². The zero-order chi connectivity index (χ0) is 10.8. The fourth-order valence-corrected chi connectivity index (χ4v) is 1.39. The van der Waals surface area contributed by atoms with E-state index < -0.39 is 5.97 Å². The fourth-order valence-electron chi connectivity index (χ4n) is 1.39. The molecule has 0 radical (unpaired) electrons. The molecular weight excluding hydrogens is 194 g/mol. The number of aromatic nitrogens is 3. The second-order valence-electron chi connectivity index (χ2n) is 3.07. The Morgan fingerprint density at radius 3 is 2.73 bits per heavy atom. The van der Waals surface area contributed by atoms with Crippen LogP contribution >= 0.6 is 0 Å². The first-order chi connectivity index (χ1) is 7.20. The average Bonchev–Trinajstić information content (AvgIpc) is 2.64. The van der Waals surface area contributed by atoms with Gasteiger partial charge in [0.1, 0.15) is 12.2 Å². The molecule has 1 aromatic heterocycles. The number of carboxylic acid groups (broad SMARTS) is 1. The monoisotopic (exact) mass is 203 g/mol. The molecule has 0 aliphatic heterocycles. The van der Waals surface area contributed by atoms with E-state index in [1.807, 2.05) is 0 Å². The van der Waals surface area contributed by atoms with Gasteiger partial charge in [-0.25, -0.2) is 4.79 Å². The normalized spacial score (nSPS) is 10.2.